The number of carbonyl (C=O) groups excluding carboxylic acids is 1. The van der Waals surface area contributed by atoms with Gasteiger partial charge in [0.1, 0.15) is 5.54 Å². The number of carbonyl (C=O) groups is 2. The average Bonchev–Trinajstić information content (AvgIpc) is 2.03. The SMILES string of the molecule is CCN(C(C)=O)C(C)(C(=O)O)C(C)C. The third kappa shape index (κ3) is 2.05. The van der Waals surface area contributed by atoms with Crippen LogP contribution in [0.2, 0.25) is 0 Å². The van der Waals surface area contributed by atoms with Crippen LogP contribution in [-0.4, -0.2) is 34.0 Å². The van der Waals surface area contributed by atoms with Crippen molar-refractivity contribution in [1.82, 2.24) is 4.90 Å². The summed E-state index contributed by atoms with van der Waals surface area (Å²) in [4.78, 5) is 23.9. The molecule has 14 heavy (non-hydrogen) atoms. The van der Waals surface area contributed by atoms with Crippen molar-refractivity contribution in [3.8, 4) is 0 Å². The van der Waals surface area contributed by atoms with Gasteiger partial charge in [-0.25, -0.2) is 4.79 Å². The largest absolute Gasteiger partial charge is 0.479 e. The maximum absolute atomic E-state index is 11.3. The molecule has 1 amide bonds. The number of hydrogen-bond acceptors (Lipinski definition) is 2. The maximum Gasteiger partial charge on any atom is 0.329 e. The van der Waals surface area contributed by atoms with Gasteiger partial charge in [0.05, 0.1) is 0 Å². The Morgan fingerprint density at radius 3 is 1.93 bits per heavy atom. The molecule has 0 radical (unpaired) electrons. The third-order valence-corrected chi connectivity index (χ3v) is 2.81. The fourth-order valence-corrected chi connectivity index (χ4v) is 1.55. The molecule has 0 aliphatic carbocycles. The second-order valence-electron chi connectivity index (χ2n) is 3.87. The van der Waals surface area contributed by atoms with Crippen molar-refractivity contribution in [1.29, 1.82) is 0 Å². The van der Waals surface area contributed by atoms with Gasteiger partial charge >= 0.3 is 5.97 Å². The van der Waals surface area contributed by atoms with Crippen LogP contribution in [0, 0.1) is 5.92 Å². The number of hydrogen-bond donors (Lipinski definition) is 1. The molecule has 82 valence electrons. The van der Waals surface area contributed by atoms with E-state index in [0.29, 0.717) is 6.54 Å². The number of rotatable bonds is 4. The smallest absolute Gasteiger partial charge is 0.329 e. The Morgan fingerprint density at radius 1 is 1.43 bits per heavy atom. The van der Waals surface area contributed by atoms with Crippen LogP contribution in [0.25, 0.3) is 0 Å². The molecule has 0 fully saturated rings. The van der Waals surface area contributed by atoms with Gasteiger partial charge < -0.3 is 10.0 Å². The summed E-state index contributed by atoms with van der Waals surface area (Å²) in [6, 6.07) is 0. The fraction of sp³-hybridized carbons (Fsp3) is 0.800. The second-order valence-corrected chi connectivity index (χ2v) is 3.87. The summed E-state index contributed by atoms with van der Waals surface area (Å²) in [5.74, 6) is -1.28. The maximum atomic E-state index is 11.3. The zero-order valence-electron chi connectivity index (χ0n) is 9.50. The first-order valence-electron chi connectivity index (χ1n) is 4.80. The van der Waals surface area contributed by atoms with Gasteiger partial charge in [0.2, 0.25) is 5.91 Å². The van der Waals surface area contributed by atoms with Crippen LogP contribution in [0.4, 0.5) is 0 Å². The minimum absolute atomic E-state index is 0.121. The quantitative estimate of drug-likeness (QED) is 0.747. The van der Waals surface area contributed by atoms with Crippen molar-refractivity contribution < 1.29 is 14.7 Å². The predicted octanol–water partition coefficient (Wildman–Crippen LogP) is 1.35. The van der Waals surface area contributed by atoms with Crippen molar-refractivity contribution >= 4 is 11.9 Å². The first-order chi connectivity index (χ1) is 6.28. The molecule has 1 atom stereocenters. The third-order valence-electron chi connectivity index (χ3n) is 2.81. The van der Waals surface area contributed by atoms with E-state index in [0.717, 1.165) is 0 Å². The zero-order chi connectivity index (χ0) is 11.5. The highest BCUT2D eigenvalue weighted by atomic mass is 16.4. The lowest BCUT2D eigenvalue weighted by Crippen LogP contribution is -2.57. The number of carboxylic acids is 1. The fourth-order valence-electron chi connectivity index (χ4n) is 1.55. The molecule has 1 unspecified atom stereocenters. The molecule has 4 nitrogen and oxygen atoms in total. The number of carboxylic acid groups (broad SMARTS) is 1. The molecule has 0 rings (SSSR count). The van der Waals surface area contributed by atoms with Crippen LogP contribution in [0.5, 0.6) is 0 Å². The normalized spacial score (nSPS) is 15.0. The highest BCUT2D eigenvalue weighted by Crippen LogP contribution is 2.25. The minimum atomic E-state index is -1.11. The topological polar surface area (TPSA) is 57.6 Å². The van der Waals surface area contributed by atoms with Crippen LogP contribution in [0.1, 0.15) is 34.6 Å². The molecule has 0 saturated carbocycles. The Balaban J connectivity index is 5.17. The lowest BCUT2D eigenvalue weighted by Gasteiger charge is -2.39. The van der Waals surface area contributed by atoms with Crippen molar-refractivity contribution in [2.45, 2.75) is 40.2 Å². The van der Waals surface area contributed by atoms with E-state index in [2.05, 4.69) is 0 Å². The molecule has 0 saturated heterocycles. The first kappa shape index (κ1) is 12.9. The molecular formula is C10H19NO3. The van der Waals surface area contributed by atoms with Crippen LogP contribution >= 0.6 is 0 Å². The Hall–Kier alpha value is -1.06. The summed E-state index contributed by atoms with van der Waals surface area (Å²) in [7, 11) is 0. The molecule has 0 bridgehead atoms. The van der Waals surface area contributed by atoms with Crippen molar-refractivity contribution in [3.05, 3.63) is 0 Å². The van der Waals surface area contributed by atoms with E-state index in [1.54, 1.807) is 27.7 Å². The molecule has 0 aliphatic rings. The Kier molecular flexibility index (Phi) is 4.10. The first-order valence-corrected chi connectivity index (χ1v) is 4.80. The Labute approximate surface area is 84.9 Å². The van der Waals surface area contributed by atoms with E-state index in [1.807, 2.05) is 0 Å². The predicted molar refractivity (Wildman–Crippen MR) is 53.9 cm³/mol. The summed E-state index contributed by atoms with van der Waals surface area (Å²) in [6.07, 6.45) is 0. The van der Waals surface area contributed by atoms with Crippen LogP contribution in [0.3, 0.4) is 0 Å². The summed E-state index contributed by atoms with van der Waals surface area (Å²) < 4.78 is 0. The Morgan fingerprint density at radius 2 is 1.86 bits per heavy atom. The van der Waals surface area contributed by atoms with E-state index in [9.17, 15) is 9.59 Å². The van der Waals surface area contributed by atoms with Gasteiger partial charge in [-0.15, -0.1) is 0 Å². The summed E-state index contributed by atoms with van der Waals surface area (Å²) in [6.45, 7) is 8.79. The molecule has 0 aromatic rings. The second kappa shape index (κ2) is 4.44. The van der Waals surface area contributed by atoms with E-state index >= 15 is 0 Å². The van der Waals surface area contributed by atoms with Crippen molar-refractivity contribution in [3.63, 3.8) is 0 Å². The van der Waals surface area contributed by atoms with Crippen molar-refractivity contribution in [2.24, 2.45) is 5.92 Å². The molecule has 0 spiro atoms. The van der Waals surface area contributed by atoms with Gasteiger partial charge in [0.15, 0.2) is 0 Å². The summed E-state index contributed by atoms with van der Waals surface area (Å²) in [5, 5.41) is 9.16. The molecule has 0 heterocycles. The van der Waals surface area contributed by atoms with Gasteiger partial charge in [-0.3, -0.25) is 4.79 Å². The number of likely N-dealkylation sites (N-methyl/N-ethyl adjacent to an activating group) is 1. The van der Waals surface area contributed by atoms with E-state index in [-0.39, 0.29) is 11.8 Å². The molecular weight excluding hydrogens is 182 g/mol. The molecule has 0 aromatic heterocycles. The highest BCUT2D eigenvalue weighted by molar-refractivity contribution is 5.85. The van der Waals surface area contributed by atoms with Crippen LogP contribution < -0.4 is 0 Å². The van der Waals surface area contributed by atoms with Crippen molar-refractivity contribution in [2.75, 3.05) is 6.54 Å². The van der Waals surface area contributed by atoms with Gasteiger partial charge in [-0.2, -0.15) is 0 Å². The lowest BCUT2D eigenvalue weighted by molar-refractivity contribution is -0.160. The molecule has 0 aliphatic heterocycles. The van der Waals surface area contributed by atoms with E-state index in [1.165, 1.54) is 11.8 Å². The van der Waals surface area contributed by atoms with Gasteiger partial charge in [-0.1, -0.05) is 13.8 Å². The summed E-state index contributed by atoms with van der Waals surface area (Å²) in [5.41, 5.74) is -1.11. The molecule has 4 heteroatoms. The molecule has 0 aromatic carbocycles. The highest BCUT2D eigenvalue weighted by Gasteiger charge is 2.43. The number of aliphatic carboxylic acids is 1. The molecule has 1 N–H and O–H groups in total. The standard InChI is InChI=1S/C10H19NO3/c1-6-11(8(4)12)10(5,7(2)3)9(13)14/h7H,6H2,1-5H3,(H,13,14). The lowest BCUT2D eigenvalue weighted by atomic mass is 9.86. The van der Waals surface area contributed by atoms with E-state index in [4.69, 9.17) is 5.11 Å². The monoisotopic (exact) mass is 201 g/mol. The number of nitrogens with zero attached hydrogens (tertiary/aromatic N) is 1. The van der Waals surface area contributed by atoms with Gasteiger partial charge in [0, 0.05) is 13.5 Å². The van der Waals surface area contributed by atoms with Gasteiger partial charge in [0.25, 0.3) is 0 Å². The number of amides is 1. The minimum Gasteiger partial charge on any atom is -0.479 e. The average molecular weight is 201 g/mol. The Bertz CT molecular complexity index is 238. The van der Waals surface area contributed by atoms with Gasteiger partial charge in [-0.05, 0) is 19.8 Å². The van der Waals surface area contributed by atoms with Crippen LogP contribution in [0.15, 0.2) is 0 Å². The summed E-state index contributed by atoms with van der Waals surface area (Å²) >= 11 is 0. The van der Waals surface area contributed by atoms with E-state index < -0.39 is 11.5 Å². The zero-order valence-corrected chi connectivity index (χ0v) is 9.50. The van der Waals surface area contributed by atoms with Crippen LogP contribution in [-0.2, 0) is 9.59 Å².